The molecule has 0 bridgehead atoms. The molecule has 0 radical (unpaired) electrons. The van der Waals surface area contributed by atoms with Crippen LogP contribution in [0.1, 0.15) is 0 Å². The van der Waals surface area contributed by atoms with Gasteiger partial charge in [-0.05, 0) is 83.2 Å². The van der Waals surface area contributed by atoms with Crippen LogP contribution in [0.2, 0.25) is 0 Å². The van der Waals surface area contributed by atoms with Crippen LogP contribution >= 0.6 is 0 Å². The lowest BCUT2D eigenvalue weighted by molar-refractivity contribution is 0.671. The van der Waals surface area contributed by atoms with Crippen molar-refractivity contribution in [2.45, 2.75) is 0 Å². The predicted molar refractivity (Wildman–Crippen MR) is 198 cm³/mol. The van der Waals surface area contributed by atoms with Crippen molar-refractivity contribution < 1.29 is 4.42 Å². The third kappa shape index (κ3) is 3.66. The zero-order valence-corrected chi connectivity index (χ0v) is 25.3. The summed E-state index contributed by atoms with van der Waals surface area (Å²) in [5.74, 6) is 0. The molecule has 1 aromatic heterocycles. The average Bonchev–Trinajstić information content (AvgIpc) is 3.51. The van der Waals surface area contributed by atoms with Gasteiger partial charge in [0.15, 0.2) is 5.69 Å². The zero-order chi connectivity index (χ0) is 31.1. The monoisotopic (exact) mass is 595 g/mol. The number of hydrogen-bond donors (Lipinski definition) is 0. The highest BCUT2D eigenvalue weighted by molar-refractivity contribution is 6.29. The van der Waals surface area contributed by atoms with E-state index >= 15 is 0 Å². The molecule has 0 N–H and O–H groups in total. The van der Waals surface area contributed by atoms with Crippen LogP contribution in [0.15, 0.2) is 156 Å². The van der Waals surface area contributed by atoms with Crippen LogP contribution in [-0.2, 0) is 0 Å². The molecule has 0 atom stereocenters. The van der Waals surface area contributed by atoms with Crippen molar-refractivity contribution in [3.8, 4) is 22.3 Å². The lowest BCUT2D eigenvalue weighted by atomic mass is 9.83. The molecular weight excluding hydrogens is 571 g/mol. The smallest absolute Gasteiger partial charge is 0.194 e. The van der Waals surface area contributed by atoms with Gasteiger partial charge >= 0.3 is 0 Å². The molecule has 0 unspecified atom stereocenters. The number of benzene rings is 9. The largest absolute Gasteiger partial charge is 0.455 e. The van der Waals surface area contributed by atoms with Crippen molar-refractivity contribution in [1.82, 2.24) is 0 Å². The quantitative estimate of drug-likeness (QED) is 0.144. The molecule has 10 aromatic rings. The number of nitrogens with zero attached hydrogens (tertiary/aromatic N) is 1. The third-order valence-electron chi connectivity index (χ3n) is 9.82. The van der Waals surface area contributed by atoms with Crippen LogP contribution in [0.5, 0.6) is 0 Å². The number of rotatable bonds is 2. The first-order valence-electron chi connectivity index (χ1n) is 15.9. The molecule has 2 nitrogen and oxygen atoms in total. The van der Waals surface area contributed by atoms with Gasteiger partial charge in [-0.15, -0.1) is 0 Å². The molecule has 2 heteroatoms. The van der Waals surface area contributed by atoms with Crippen LogP contribution in [0.4, 0.5) is 5.69 Å². The lowest BCUT2D eigenvalue weighted by Crippen LogP contribution is -1.92. The minimum absolute atomic E-state index is 0.672. The number of furan rings is 1. The fourth-order valence-corrected chi connectivity index (χ4v) is 7.80. The van der Waals surface area contributed by atoms with Crippen LogP contribution < -0.4 is 0 Å². The Balaban J connectivity index is 1.39. The fourth-order valence-electron chi connectivity index (χ4n) is 7.80. The molecule has 0 saturated heterocycles. The molecule has 10 rings (SSSR count). The van der Waals surface area contributed by atoms with Crippen LogP contribution in [0.3, 0.4) is 0 Å². The van der Waals surface area contributed by atoms with E-state index in [0.29, 0.717) is 5.69 Å². The van der Waals surface area contributed by atoms with Gasteiger partial charge in [0.1, 0.15) is 11.2 Å². The topological polar surface area (TPSA) is 17.5 Å². The summed E-state index contributed by atoms with van der Waals surface area (Å²) in [6.45, 7) is 7.81. The van der Waals surface area contributed by atoms with Crippen molar-refractivity contribution >= 4 is 81.5 Å². The van der Waals surface area contributed by atoms with Gasteiger partial charge in [-0.2, -0.15) is 0 Å². The van der Waals surface area contributed by atoms with Crippen molar-refractivity contribution in [1.29, 1.82) is 0 Å². The molecule has 47 heavy (non-hydrogen) atoms. The molecule has 0 spiro atoms. The van der Waals surface area contributed by atoms with Gasteiger partial charge in [-0.1, -0.05) is 133 Å². The van der Waals surface area contributed by atoms with Gasteiger partial charge in [0.25, 0.3) is 0 Å². The standard InChI is InChI=1S/C45H25NO/c1-46-40-23-22-37(31-16-6-7-17-32(31)40)42-33-18-8-10-20-35(33)43(36-21-11-9-19-34(36)42)39-25-29-14-4-5-15-30(29)44-38-24-27-12-2-3-13-28(27)26-41(38)47-45(39)44/h2-26H. The van der Waals surface area contributed by atoms with E-state index in [1.165, 1.54) is 54.2 Å². The Morgan fingerprint density at radius 2 is 0.915 bits per heavy atom. The first kappa shape index (κ1) is 25.9. The molecule has 1 heterocycles. The molecule has 9 aromatic carbocycles. The Bertz CT molecular complexity index is 2920. The Kier molecular flexibility index (Phi) is 5.38. The highest BCUT2D eigenvalue weighted by Gasteiger charge is 2.23. The second-order valence-electron chi connectivity index (χ2n) is 12.3. The maximum atomic E-state index is 7.81. The Hall–Kier alpha value is -6.43. The second-order valence-corrected chi connectivity index (χ2v) is 12.3. The van der Waals surface area contributed by atoms with Crippen LogP contribution in [0.25, 0.3) is 103 Å². The average molecular weight is 596 g/mol. The first-order valence-corrected chi connectivity index (χ1v) is 15.9. The maximum Gasteiger partial charge on any atom is 0.194 e. The molecule has 0 aliphatic rings. The predicted octanol–water partition coefficient (Wildman–Crippen LogP) is 13.2. The van der Waals surface area contributed by atoms with E-state index in [9.17, 15) is 0 Å². The molecule has 0 aliphatic heterocycles. The van der Waals surface area contributed by atoms with Gasteiger partial charge < -0.3 is 4.42 Å². The Morgan fingerprint density at radius 3 is 1.55 bits per heavy atom. The van der Waals surface area contributed by atoms with Crippen molar-refractivity contribution in [2.75, 3.05) is 0 Å². The Labute approximate surface area is 270 Å². The van der Waals surface area contributed by atoms with E-state index in [-0.39, 0.29) is 0 Å². The summed E-state index contributed by atoms with van der Waals surface area (Å²) in [6, 6.07) is 53.8. The molecule has 0 saturated carbocycles. The summed E-state index contributed by atoms with van der Waals surface area (Å²) in [5.41, 5.74) is 7.04. The molecule has 0 fully saturated rings. The van der Waals surface area contributed by atoms with E-state index in [1.807, 2.05) is 12.1 Å². The van der Waals surface area contributed by atoms with Crippen LogP contribution in [0, 0.1) is 6.57 Å². The molecule has 216 valence electrons. The minimum atomic E-state index is 0.672. The fraction of sp³-hybridized carbons (Fsp3) is 0. The van der Waals surface area contributed by atoms with Gasteiger partial charge in [0.05, 0.1) is 6.57 Å². The van der Waals surface area contributed by atoms with Crippen molar-refractivity contribution in [3.05, 3.63) is 163 Å². The van der Waals surface area contributed by atoms with Gasteiger partial charge in [-0.25, -0.2) is 4.85 Å². The first-order chi connectivity index (χ1) is 23.3. The number of fused-ring (bicyclic) bond motifs is 9. The van der Waals surface area contributed by atoms with Gasteiger partial charge in [0.2, 0.25) is 0 Å². The van der Waals surface area contributed by atoms with Gasteiger partial charge in [-0.3, -0.25) is 0 Å². The SMILES string of the molecule is [C-]#[N+]c1ccc(-c2c3ccccc3c(-c3cc4ccccc4c4c3oc3cc5ccccc5cc34)c3ccccc23)c2ccccc12. The van der Waals surface area contributed by atoms with Crippen molar-refractivity contribution in [3.63, 3.8) is 0 Å². The summed E-state index contributed by atoms with van der Waals surface area (Å²) in [6.07, 6.45) is 0. The van der Waals surface area contributed by atoms with Gasteiger partial charge in [0, 0.05) is 21.9 Å². The summed E-state index contributed by atoms with van der Waals surface area (Å²) >= 11 is 0. The highest BCUT2D eigenvalue weighted by atomic mass is 16.3. The number of hydrogen-bond acceptors (Lipinski definition) is 1. The molecule has 0 amide bonds. The molecular formula is C45H25NO. The van der Waals surface area contributed by atoms with E-state index in [4.69, 9.17) is 11.0 Å². The normalized spacial score (nSPS) is 11.8. The molecule has 0 aliphatic carbocycles. The lowest BCUT2D eigenvalue weighted by Gasteiger charge is -2.19. The zero-order valence-electron chi connectivity index (χ0n) is 25.3. The summed E-state index contributed by atoms with van der Waals surface area (Å²) in [7, 11) is 0. The van der Waals surface area contributed by atoms with Crippen LogP contribution in [-0.4, -0.2) is 0 Å². The third-order valence-corrected chi connectivity index (χ3v) is 9.82. The second kappa shape index (κ2) is 9.78. The van der Waals surface area contributed by atoms with E-state index < -0.39 is 0 Å². The van der Waals surface area contributed by atoms with E-state index in [1.54, 1.807) is 0 Å². The summed E-state index contributed by atoms with van der Waals surface area (Å²) in [4.78, 5) is 3.84. The minimum Gasteiger partial charge on any atom is -0.455 e. The summed E-state index contributed by atoms with van der Waals surface area (Å²) in [5, 5.41) is 13.8. The summed E-state index contributed by atoms with van der Waals surface area (Å²) < 4.78 is 6.92. The van der Waals surface area contributed by atoms with Crippen molar-refractivity contribution in [2.24, 2.45) is 0 Å². The maximum absolute atomic E-state index is 7.81. The van der Waals surface area contributed by atoms with E-state index in [2.05, 4.69) is 144 Å². The highest BCUT2D eigenvalue weighted by Crippen LogP contribution is 2.49. The van der Waals surface area contributed by atoms with E-state index in [0.717, 1.165) is 43.8 Å². The Morgan fingerprint density at radius 1 is 0.404 bits per heavy atom.